The lowest BCUT2D eigenvalue weighted by Gasteiger charge is -2.24. The van der Waals surface area contributed by atoms with Gasteiger partial charge in [0, 0.05) is 33.6 Å². The van der Waals surface area contributed by atoms with Gasteiger partial charge in [0.25, 0.3) is 5.91 Å². The van der Waals surface area contributed by atoms with Gasteiger partial charge in [-0.15, -0.1) is 0 Å². The molecule has 0 unspecified atom stereocenters. The van der Waals surface area contributed by atoms with E-state index < -0.39 is 11.7 Å². The van der Waals surface area contributed by atoms with E-state index in [2.05, 4.69) is 10.5 Å². The number of rotatable bonds is 6. The van der Waals surface area contributed by atoms with Gasteiger partial charge in [0.15, 0.2) is 12.5 Å². The molecule has 2 heterocycles. The highest BCUT2D eigenvalue weighted by molar-refractivity contribution is 6.54. The molecular formula is C27H24FN3O5. The van der Waals surface area contributed by atoms with Crippen molar-refractivity contribution in [2.24, 2.45) is 5.16 Å². The minimum atomic E-state index is -0.492. The second-order valence-electron chi connectivity index (χ2n) is 8.29. The lowest BCUT2D eigenvalue weighted by molar-refractivity contribution is -0.112. The number of amides is 1. The number of halogens is 1. The number of methoxy groups -OCH3 is 1. The molecule has 5 rings (SSSR count). The zero-order valence-electron chi connectivity index (χ0n) is 19.7. The van der Waals surface area contributed by atoms with Gasteiger partial charge in [-0.05, 0) is 49.4 Å². The van der Waals surface area contributed by atoms with Crippen molar-refractivity contribution in [3.05, 3.63) is 88.7 Å². The Hall–Kier alpha value is -4.37. The lowest BCUT2D eigenvalue weighted by atomic mass is 10.1. The predicted molar refractivity (Wildman–Crippen MR) is 133 cm³/mol. The van der Waals surface area contributed by atoms with E-state index in [0.29, 0.717) is 33.8 Å². The minimum Gasteiger partial charge on any atom is -0.497 e. The van der Waals surface area contributed by atoms with E-state index >= 15 is 0 Å². The molecule has 0 bridgehead atoms. The lowest BCUT2D eigenvalue weighted by Crippen LogP contribution is -2.30. The summed E-state index contributed by atoms with van der Waals surface area (Å²) < 4.78 is 30.5. The molecule has 0 aliphatic carbocycles. The molecule has 0 aromatic heterocycles. The zero-order chi connectivity index (χ0) is 25.2. The summed E-state index contributed by atoms with van der Waals surface area (Å²) in [5, 5.41) is 16.2. The first-order valence-electron chi connectivity index (χ1n) is 11.3. The monoisotopic (exact) mass is 489 g/mol. The second kappa shape index (κ2) is 9.71. The SMILES string of the molecule is C/C=C(\Nc1ccc2c(c1)N(Cc1cc(F)cc3c1OCOC3)C(=O)/C2=N\O)c1cccc(OC)c1. The molecule has 36 heavy (non-hydrogen) atoms. The summed E-state index contributed by atoms with van der Waals surface area (Å²) in [6.07, 6.45) is 1.93. The molecule has 8 nitrogen and oxygen atoms in total. The number of nitrogens with zero attached hydrogens (tertiary/aromatic N) is 2. The van der Waals surface area contributed by atoms with Crippen LogP contribution in [0.2, 0.25) is 0 Å². The predicted octanol–water partition coefficient (Wildman–Crippen LogP) is 4.90. The van der Waals surface area contributed by atoms with Gasteiger partial charge < -0.3 is 29.6 Å². The summed E-state index contributed by atoms with van der Waals surface area (Å²) in [6, 6.07) is 15.7. The fourth-order valence-electron chi connectivity index (χ4n) is 4.44. The average molecular weight is 490 g/mol. The summed E-state index contributed by atoms with van der Waals surface area (Å²) in [5.74, 6) is 0.282. The van der Waals surface area contributed by atoms with Crippen LogP contribution in [0.1, 0.15) is 29.2 Å². The molecule has 0 saturated heterocycles. The first kappa shape index (κ1) is 23.4. The zero-order valence-corrected chi connectivity index (χ0v) is 19.7. The molecule has 184 valence electrons. The van der Waals surface area contributed by atoms with Gasteiger partial charge in [-0.2, -0.15) is 0 Å². The molecule has 2 aliphatic rings. The number of benzene rings is 3. The first-order valence-corrected chi connectivity index (χ1v) is 11.3. The summed E-state index contributed by atoms with van der Waals surface area (Å²) in [7, 11) is 1.61. The summed E-state index contributed by atoms with van der Waals surface area (Å²) in [6.45, 7) is 2.21. The highest BCUT2D eigenvalue weighted by Crippen LogP contribution is 2.37. The van der Waals surface area contributed by atoms with Gasteiger partial charge in [0.05, 0.1) is 25.9 Å². The van der Waals surface area contributed by atoms with Crippen LogP contribution in [0.5, 0.6) is 11.5 Å². The second-order valence-corrected chi connectivity index (χ2v) is 8.29. The standard InChI is InChI=1S/C27H24FN3O5/c1-3-23(16-5-4-6-21(11-16)34-2)29-20-7-8-22-24(12-20)31(27(32)25(22)30-33)13-17-9-19(28)10-18-14-35-15-36-26(17)18/h3-12,29,33H,13-15H2,1-2H3/b23-3-,30-25-. The van der Waals surface area contributed by atoms with Crippen LogP contribution >= 0.6 is 0 Å². The molecule has 0 radical (unpaired) electrons. The highest BCUT2D eigenvalue weighted by atomic mass is 19.1. The molecule has 0 fully saturated rings. The number of allylic oxidation sites excluding steroid dienone is 1. The average Bonchev–Trinajstić information content (AvgIpc) is 3.16. The largest absolute Gasteiger partial charge is 0.497 e. The van der Waals surface area contributed by atoms with Gasteiger partial charge in [-0.3, -0.25) is 4.79 Å². The van der Waals surface area contributed by atoms with Gasteiger partial charge in [-0.25, -0.2) is 4.39 Å². The Kier molecular flexibility index (Phi) is 6.30. The van der Waals surface area contributed by atoms with E-state index in [0.717, 1.165) is 17.0 Å². The number of hydrogen-bond acceptors (Lipinski definition) is 7. The van der Waals surface area contributed by atoms with Crippen LogP contribution in [-0.4, -0.2) is 30.7 Å². The Morgan fingerprint density at radius 2 is 2.11 bits per heavy atom. The fraction of sp³-hybridized carbons (Fsp3) is 0.185. The quantitative estimate of drug-likeness (QED) is 0.378. The van der Waals surface area contributed by atoms with Gasteiger partial charge >= 0.3 is 0 Å². The van der Waals surface area contributed by atoms with Crippen LogP contribution in [0, 0.1) is 5.82 Å². The Labute approximate surface area is 207 Å². The van der Waals surface area contributed by atoms with Crippen molar-refractivity contribution < 1.29 is 28.6 Å². The van der Waals surface area contributed by atoms with Gasteiger partial charge in [-0.1, -0.05) is 23.4 Å². The fourth-order valence-corrected chi connectivity index (χ4v) is 4.44. The number of carbonyl (C=O) groups is 1. The topological polar surface area (TPSA) is 92.6 Å². The van der Waals surface area contributed by atoms with Crippen LogP contribution in [0.15, 0.2) is 65.8 Å². The Morgan fingerprint density at radius 3 is 2.89 bits per heavy atom. The molecular weight excluding hydrogens is 465 g/mol. The van der Waals surface area contributed by atoms with Crippen LogP contribution in [0.25, 0.3) is 5.70 Å². The highest BCUT2D eigenvalue weighted by Gasteiger charge is 2.36. The van der Waals surface area contributed by atoms with E-state index in [1.54, 1.807) is 25.3 Å². The van der Waals surface area contributed by atoms with Crippen LogP contribution < -0.4 is 19.7 Å². The van der Waals surface area contributed by atoms with Crippen molar-refractivity contribution in [3.8, 4) is 11.5 Å². The van der Waals surface area contributed by atoms with E-state index in [1.807, 2.05) is 37.3 Å². The van der Waals surface area contributed by atoms with Crippen molar-refractivity contribution in [2.45, 2.75) is 20.1 Å². The normalized spacial score (nSPS) is 16.0. The minimum absolute atomic E-state index is 0.0285. The molecule has 0 spiro atoms. The van der Waals surface area contributed by atoms with Gasteiger partial charge in [0.1, 0.15) is 17.3 Å². The van der Waals surface area contributed by atoms with Crippen LogP contribution in [-0.2, 0) is 22.7 Å². The van der Waals surface area contributed by atoms with E-state index in [4.69, 9.17) is 14.2 Å². The molecule has 0 saturated carbocycles. The number of hydrogen-bond donors (Lipinski definition) is 2. The van der Waals surface area contributed by atoms with Gasteiger partial charge in [0.2, 0.25) is 0 Å². The van der Waals surface area contributed by atoms with Crippen LogP contribution in [0.3, 0.4) is 0 Å². The van der Waals surface area contributed by atoms with E-state index in [1.165, 1.54) is 17.0 Å². The molecule has 3 aromatic carbocycles. The number of ether oxygens (including phenoxy) is 3. The first-order chi connectivity index (χ1) is 17.5. The molecule has 9 heteroatoms. The number of carbonyl (C=O) groups excluding carboxylic acids is 1. The van der Waals surface area contributed by atoms with Crippen molar-refractivity contribution in [3.63, 3.8) is 0 Å². The molecule has 0 atom stereocenters. The van der Waals surface area contributed by atoms with Crippen molar-refractivity contribution >= 4 is 28.7 Å². The number of fused-ring (bicyclic) bond motifs is 2. The molecule has 3 aromatic rings. The Bertz CT molecular complexity index is 1400. The Balaban J connectivity index is 1.50. The third-order valence-corrected chi connectivity index (χ3v) is 6.12. The third kappa shape index (κ3) is 4.25. The van der Waals surface area contributed by atoms with Crippen molar-refractivity contribution in [1.29, 1.82) is 0 Å². The number of oxime groups is 1. The summed E-state index contributed by atoms with van der Waals surface area (Å²) in [5.41, 5.74) is 4.48. The maximum Gasteiger partial charge on any atom is 0.281 e. The van der Waals surface area contributed by atoms with Crippen molar-refractivity contribution in [1.82, 2.24) is 0 Å². The Morgan fingerprint density at radius 1 is 1.25 bits per heavy atom. The molecule has 2 aliphatic heterocycles. The molecule has 1 amide bonds. The van der Waals surface area contributed by atoms with E-state index in [-0.39, 0.29) is 25.7 Å². The number of anilines is 2. The van der Waals surface area contributed by atoms with Crippen LogP contribution in [0.4, 0.5) is 15.8 Å². The number of nitrogens with one attached hydrogen (secondary N) is 1. The third-order valence-electron chi connectivity index (χ3n) is 6.12. The summed E-state index contributed by atoms with van der Waals surface area (Å²) in [4.78, 5) is 14.6. The smallest absolute Gasteiger partial charge is 0.281 e. The van der Waals surface area contributed by atoms with Crippen molar-refractivity contribution in [2.75, 3.05) is 24.1 Å². The maximum absolute atomic E-state index is 14.3. The maximum atomic E-state index is 14.3. The summed E-state index contributed by atoms with van der Waals surface area (Å²) >= 11 is 0. The van der Waals surface area contributed by atoms with E-state index in [9.17, 15) is 14.4 Å². The molecule has 2 N–H and O–H groups in total.